The first-order chi connectivity index (χ1) is 20.7. The molecule has 1 unspecified atom stereocenters. The normalized spacial score (nSPS) is 22.7. The molecule has 0 aromatic heterocycles. The Morgan fingerprint density at radius 3 is 1.95 bits per heavy atom. The Balaban J connectivity index is 1.19. The van der Waals surface area contributed by atoms with Crippen molar-refractivity contribution in [2.45, 2.75) is 50.9 Å². The maximum Gasteiger partial charge on any atom is 0.0326 e. The Bertz CT molecular complexity index is 1780. The van der Waals surface area contributed by atoms with Gasteiger partial charge < -0.3 is 0 Å². The van der Waals surface area contributed by atoms with E-state index in [1.165, 1.54) is 81.3 Å². The van der Waals surface area contributed by atoms with Crippen LogP contribution in [0.2, 0.25) is 0 Å². The number of benzene rings is 4. The van der Waals surface area contributed by atoms with Crippen molar-refractivity contribution in [3.05, 3.63) is 159 Å². The second kappa shape index (κ2) is 10.2. The van der Waals surface area contributed by atoms with Crippen molar-refractivity contribution in [1.29, 1.82) is 0 Å². The van der Waals surface area contributed by atoms with Crippen LogP contribution in [0.3, 0.4) is 0 Å². The number of rotatable bonds is 4. The highest BCUT2D eigenvalue weighted by atomic mass is 14.5. The number of allylic oxidation sites excluding steroid dienone is 5. The zero-order chi connectivity index (χ0) is 28.2. The molecule has 0 saturated heterocycles. The van der Waals surface area contributed by atoms with Crippen LogP contribution >= 0.6 is 0 Å². The highest BCUT2D eigenvalue weighted by Gasteiger charge is 2.42. The Labute approximate surface area is 250 Å². The average Bonchev–Trinajstić information content (AvgIpc) is 3.58. The highest BCUT2D eigenvalue weighted by Crippen LogP contribution is 2.57. The molecule has 0 amide bonds. The first-order valence-electron chi connectivity index (χ1n) is 15.7. The zero-order valence-electron chi connectivity index (χ0n) is 24.3. The summed E-state index contributed by atoms with van der Waals surface area (Å²) in [7, 11) is 0. The van der Waals surface area contributed by atoms with Crippen LogP contribution in [0.1, 0.15) is 72.3 Å². The molecule has 4 aliphatic rings. The summed E-state index contributed by atoms with van der Waals surface area (Å²) in [6.07, 6.45) is 14.6. The fraction of sp³-hybridized carbons (Fsp3) is 0.238. The smallest absolute Gasteiger partial charge is 0.0326 e. The van der Waals surface area contributed by atoms with Crippen molar-refractivity contribution in [1.82, 2.24) is 0 Å². The molecule has 42 heavy (non-hydrogen) atoms. The summed E-state index contributed by atoms with van der Waals surface area (Å²) in [6, 6.07) is 38.2. The van der Waals surface area contributed by atoms with Gasteiger partial charge in [-0.1, -0.05) is 115 Å². The van der Waals surface area contributed by atoms with Crippen LogP contribution in [0.5, 0.6) is 0 Å². The van der Waals surface area contributed by atoms with Crippen LogP contribution in [0.25, 0.3) is 17.2 Å². The third kappa shape index (κ3) is 3.91. The Morgan fingerprint density at radius 1 is 0.690 bits per heavy atom. The van der Waals surface area contributed by atoms with Crippen LogP contribution in [0.15, 0.2) is 131 Å². The molecule has 0 bridgehead atoms. The second-order valence-electron chi connectivity index (χ2n) is 12.7. The van der Waals surface area contributed by atoms with Crippen molar-refractivity contribution >= 4 is 6.08 Å². The lowest BCUT2D eigenvalue weighted by Crippen LogP contribution is -2.26. The van der Waals surface area contributed by atoms with Gasteiger partial charge in [-0.25, -0.2) is 0 Å². The molecular formula is C42H36. The van der Waals surface area contributed by atoms with Crippen molar-refractivity contribution in [3.8, 4) is 23.5 Å². The lowest BCUT2D eigenvalue weighted by Gasteiger charge is -2.40. The molecule has 0 spiro atoms. The monoisotopic (exact) mass is 540 g/mol. The van der Waals surface area contributed by atoms with E-state index in [-0.39, 0.29) is 5.92 Å². The minimum absolute atomic E-state index is 0.282. The van der Waals surface area contributed by atoms with Gasteiger partial charge in [0.25, 0.3) is 0 Å². The topological polar surface area (TPSA) is 0 Å². The van der Waals surface area contributed by atoms with Crippen LogP contribution in [-0.4, -0.2) is 0 Å². The van der Waals surface area contributed by atoms with Gasteiger partial charge in [-0.3, -0.25) is 0 Å². The molecular weight excluding hydrogens is 504 g/mol. The van der Waals surface area contributed by atoms with Crippen molar-refractivity contribution in [3.63, 3.8) is 0 Å². The number of hydrogen-bond acceptors (Lipinski definition) is 0. The summed E-state index contributed by atoms with van der Waals surface area (Å²) < 4.78 is 0. The van der Waals surface area contributed by atoms with E-state index in [1.807, 2.05) is 0 Å². The first kappa shape index (κ1) is 25.4. The van der Waals surface area contributed by atoms with Gasteiger partial charge in [0, 0.05) is 17.4 Å². The van der Waals surface area contributed by atoms with E-state index in [0.29, 0.717) is 17.8 Å². The zero-order valence-corrected chi connectivity index (χ0v) is 24.3. The minimum atomic E-state index is 0.282. The van der Waals surface area contributed by atoms with Gasteiger partial charge in [-0.2, -0.15) is 0 Å². The lowest BCUT2D eigenvalue weighted by molar-refractivity contribution is 0.275. The van der Waals surface area contributed by atoms with Crippen molar-refractivity contribution in [2.75, 3.05) is 0 Å². The van der Waals surface area contributed by atoms with Gasteiger partial charge in [-0.15, -0.1) is 6.42 Å². The maximum atomic E-state index is 6.26. The van der Waals surface area contributed by atoms with E-state index in [4.69, 9.17) is 6.42 Å². The second-order valence-corrected chi connectivity index (χ2v) is 12.7. The Hall–Kier alpha value is -4.34. The molecule has 4 aliphatic carbocycles. The van der Waals surface area contributed by atoms with Crippen LogP contribution in [0, 0.1) is 24.2 Å². The summed E-state index contributed by atoms with van der Waals surface area (Å²) in [5, 5.41) is 0. The first-order valence-corrected chi connectivity index (χ1v) is 15.7. The van der Waals surface area contributed by atoms with Gasteiger partial charge >= 0.3 is 0 Å². The summed E-state index contributed by atoms with van der Waals surface area (Å²) in [6.45, 7) is 2.28. The van der Waals surface area contributed by atoms with E-state index < -0.39 is 0 Å². The summed E-state index contributed by atoms with van der Waals surface area (Å²) in [5.74, 6) is 5.18. The average molecular weight is 541 g/mol. The summed E-state index contributed by atoms with van der Waals surface area (Å²) >= 11 is 0. The van der Waals surface area contributed by atoms with Gasteiger partial charge in [-0.05, 0) is 113 Å². The summed E-state index contributed by atoms with van der Waals surface area (Å²) in [4.78, 5) is 0. The van der Waals surface area contributed by atoms with Crippen LogP contribution in [-0.2, 0) is 6.42 Å². The van der Waals surface area contributed by atoms with Gasteiger partial charge in [0.05, 0.1) is 0 Å². The highest BCUT2D eigenvalue weighted by molar-refractivity contribution is 5.80. The van der Waals surface area contributed by atoms with E-state index in [2.05, 4.69) is 122 Å². The molecule has 4 aromatic carbocycles. The molecule has 0 aliphatic heterocycles. The standard InChI is InChI=1S/C42H36/c1-3-32-27(2)38(25-28-13-5-4-6-14-28)41(42-33-16-8-7-15-31(33)26-39(32)42)30-23-21-29(22-24-30)40-36-19-11-9-17-34(36)35-18-10-12-20-37(35)40/h1,4-20,26,29-30,40,42H,21-25H2,2H3. The molecule has 0 radical (unpaired) electrons. The molecule has 1 fully saturated rings. The van der Waals surface area contributed by atoms with Gasteiger partial charge in [0.15, 0.2) is 0 Å². The predicted octanol–water partition coefficient (Wildman–Crippen LogP) is 10.3. The van der Waals surface area contributed by atoms with Crippen molar-refractivity contribution in [2.24, 2.45) is 11.8 Å². The lowest BCUT2D eigenvalue weighted by atomic mass is 9.64. The van der Waals surface area contributed by atoms with E-state index in [9.17, 15) is 0 Å². The molecule has 0 heteroatoms. The number of terminal acetylenes is 1. The Morgan fingerprint density at radius 2 is 1.29 bits per heavy atom. The third-order valence-corrected chi connectivity index (χ3v) is 10.6. The molecule has 204 valence electrons. The maximum absolute atomic E-state index is 6.26. The van der Waals surface area contributed by atoms with Gasteiger partial charge in [0.2, 0.25) is 0 Å². The van der Waals surface area contributed by atoms with E-state index >= 15 is 0 Å². The molecule has 0 nitrogen and oxygen atoms in total. The van der Waals surface area contributed by atoms with Crippen molar-refractivity contribution < 1.29 is 0 Å². The van der Waals surface area contributed by atoms with Gasteiger partial charge in [0.1, 0.15) is 0 Å². The molecule has 0 N–H and O–H groups in total. The van der Waals surface area contributed by atoms with E-state index in [1.54, 1.807) is 5.57 Å². The predicted molar refractivity (Wildman–Crippen MR) is 175 cm³/mol. The molecule has 8 rings (SSSR count). The summed E-state index contributed by atoms with van der Waals surface area (Å²) in [5.41, 5.74) is 17.0. The molecule has 1 saturated carbocycles. The minimum Gasteiger partial charge on any atom is -0.115 e. The number of hydrogen-bond donors (Lipinski definition) is 0. The fourth-order valence-electron chi connectivity index (χ4n) is 8.81. The SMILES string of the molecule is C#CC1=C(C)C(Cc2ccccc2)=C(C2CCC(C3c4ccccc4-c4ccccc43)CC2)C2C1=Cc1ccccc12. The Kier molecular flexibility index (Phi) is 6.15. The molecule has 0 heterocycles. The van der Waals surface area contributed by atoms with Crippen LogP contribution < -0.4 is 0 Å². The number of fused-ring (bicyclic) bond motifs is 6. The fourth-order valence-corrected chi connectivity index (χ4v) is 8.81. The third-order valence-electron chi connectivity index (χ3n) is 10.6. The molecule has 4 aromatic rings. The molecule has 1 atom stereocenters. The van der Waals surface area contributed by atoms with E-state index in [0.717, 1.165) is 12.0 Å². The largest absolute Gasteiger partial charge is 0.115 e. The quantitative estimate of drug-likeness (QED) is 0.226. The van der Waals surface area contributed by atoms with Crippen LogP contribution in [0.4, 0.5) is 0 Å².